The van der Waals surface area contributed by atoms with Crippen LogP contribution in [0.25, 0.3) is 0 Å². The largest absolute Gasteiger partial charge is 0.368 e. The summed E-state index contributed by atoms with van der Waals surface area (Å²) in [6.45, 7) is 5.90. The lowest BCUT2D eigenvalue weighted by Gasteiger charge is -2.26. The van der Waals surface area contributed by atoms with Crippen molar-refractivity contribution in [2.75, 3.05) is 25.0 Å². The molecule has 0 saturated carbocycles. The van der Waals surface area contributed by atoms with Crippen LogP contribution < -0.4 is 16.0 Å². The van der Waals surface area contributed by atoms with E-state index in [-0.39, 0.29) is 12.5 Å². The first-order valence-corrected chi connectivity index (χ1v) is 6.78. The Kier molecular flexibility index (Phi) is 6.12. The van der Waals surface area contributed by atoms with Crippen molar-refractivity contribution in [1.29, 1.82) is 0 Å². The summed E-state index contributed by atoms with van der Waals surface area (Å²) in [6.07, 6.45) is 0. The molecule has 0 fully saturated rings. The summed E-state index contributed by atoms with van der Waals surface area (Å²) < 4.78 is 0. The summed E-state index contributed by atoms with van der Waals surface area (Å²) >= 11 is 6.24. The predicted octanol–water partition coefficient (Wildman–Crippen LogP) is 2.01. The standard InChI is InChI=1S/C14H22ClN3O/c1-10(2)8-18(9-14(16)19)12-5-4-11(7-17-3)13(15)6-12/h4-6,10,17H,7-9H2,1-3H3,(H2,16,19). The third-order valence-corrected chi connectivity index (χ3v) is 3.05. The van der Waals surface area contributed by atoms with Crippen LogP contribution in [0.1, 0.15) is 19.4 Å². The second kappa shape index (κ2) is 7.36. The Morgan fingerprint density at radius 2 is 2.16 bits per heavy atom. The van der Waals surface area contributed by atoms with Crippen LogP contribution >= 0.6 is 11.6 Å². The molecule has 1 amide bonds. The molecule has 0 bridgehead atoms. The molecule has 1 aromatic rings. The molecule has 106 valence electrons. The maximum Gasteiger partial charge on any atom is 0.236 e. The molecule has 0 spiro atoms. The Hall–Kier alpha value is -1.26. The van der Waals surface area contributed by atoms with E-state index in [1.54, 1.807) is 0 Å². The number of primary amides is 1. The highest BCUT2D eigenvalue weighted by molar-refractivity contribution is 6.31. The van der Waals surface area contributed by atoms with Crippen molar-refractivity contribution in [3.05, 3.63) is 28.8 Å². The van der Waals surface area contributed by atoms with Crippen LogP contribution in [-0.2, 0) is 11.3 Å². The number of nitrogens with two attached hydrogens (primary N) is 1. The van der Waals surface area contributed by atoms with Gasteiger partial charge in [0.1, 0.15) is 0 Å². The second-order valence-corrected chi connectivity index (χ2v) is 5.45. The monoisotopic (exact) mass is 283 g/mol. The topological polar surface area (TPSA) is 58.4 Å². The third-order valence-electron chi connectivity index (χ3n) is 2.70. The number of nitrogens with one attached hydrogen (secondary N) is 1. The fourth-order valence-electron chi connectivity index (χ4n) is 1.96. The number of carbonyl (C=O) groups excluding carboxylic acids is 1. The summed E-state index contributed by atoms with van der Waals surface area (Å²) in [4.78, 5) is 13.1. The molecule has 0 aliphatic carbocycles. The number of hydrogen-bond donors (Lipinski definition) is 2. The average Bonchev–Trinajstić information content (AvgIpc) is 2.30. The van der Waals surface area contributed by atoms with E-state index in [1.807, 2.05) is 30.1 Å². The van der Waals surface area contributed by atoms with Crippen LogP contribution in [0, 0.1) is 5.92 Å². The van der Waals surface area contributed by atoms with Crippen molar-refractivity contribution >= 4 is 23.2 Å². The number of carbonyl (C=O) groups is 1. The van der Waals surface area contributed by atoms with Crippen LogP contribution in [0.3, 0.4) is 0 Å². The van der Waals surface area contributed by atoms with Gasteiger partial charge >= 0.3 is 0 Å². The van der Waals surface area contributed by atoms with Gasteiger partial charge in [-0.3, -0.25) is 4.79 Å². The molecule has 0 radical (unpaired) electrons. The van der Waals surface area contributed by atoms with Crippen LogP contribution in [0.15, 0.2) is 18.2 Å². The fraction of sp³-hybridized carbons (Fsp3) is 0.500. The quantitative estimate of drug-likeness (QED) is 0.805. The summed E-state index contributed by atoms with van der Waals surface area (Å²) in [5.41, 5.74) is 7.26. The lowest BCUT2D eigenvalue weighted by atomic mass is 10.1. The highest BCUT2D eigenvalue weighted by Gasteiger charge is 2.12. The Bertz CT molecular complexity index is 435. The molecule has 0 atom stereocenters. The normalized spacial score (nSPS) is 10.8. The number of halogens is 1. The van der Waals surface area contributed by atoms with Crippen LogP contribution in [-0.4, -0.2) is 26.0 Å². The van der Waals surface area contributed by atoms with Gasteiger partial charge in [-0.05, 0) is 30.7 Å². The van der Waals surface area contributed by atoms with Gasteiger partial charge in [0.15, 0.2) is 0 Å². The Morgan fingerprint density at radius 1 is 1.47 bits per heavy atom. The van der Waals surface area contributed by atoms with Crippen LogP contribution in [0.2, 0.25) is 5.02 Å². The summed E-state index contributed by atoms with van der Waals surface area (Å²) in [6, 6.07) is 5.84. The smallest absolute Gasteiger partial charge is 0.236 e. The SMILES string of the molecule is CNCc1ccc(N(CC(N)=O)CC(C)C)cc1Cl. The zero-order valence-corrected chi connectivity index (χ0v) is 12.5. The summed E-state index contributed by atoms with van der Waals surface area (Å²) in [7, 11) is 1.88. The van der Waals surface area contributed by atoms with E-state index in [4.69, 9.17) is 17.3 Å². The molecule has 0 aliphatic rings. The van der Waals surface area contributed by atoms with Gasteiger partial charge in [0.25, 0.3) is 0 Å². The minimum atomic E-state index is -0.337. The lowest BCUT2D eigenvalue weighted by Crippen LogP contribution is -2.36. The van der Waals surface area contributed by atoms with Gasteiger partial charge in [0, 0.05) is 23.8 Å². The number of benzene rings is 1. The molecule has 0 aromatic heterocycles. The molecular formula is C14H22ClN3O. The third kappa shape index (κ3) is 5.09. The zero-order valence-electron chi connectivity index (χ0n) is 11.7. The van der Waals surface area contributed by atoms with Gasteiger partial charge in [-0.15, -0.1) is 0 Å². The highest BCUT2D eigenvalue weighted by atomic mass is 35.5. The molecule has 4 nitrogen and oxygen atoms in total. The molecule has 0 heterocycles. The Morgan fingerprint density at radius 3 is 2.63 bits per heavy atom. The van der Waals surface area contributed by atoms with Crippen molar-refractivity contribution in [1.82, 2.24) is 5.32 Å². The van der Waals surface area contributed by atoms with E-state index >= 15 is 0 Å². The lowest BCUT2D eigenvalue weighted by molar-refractivity contribution is -0.116. The molecule has 0 unspecified atom stereocenters. The molecule has 0 aliphatic heterocycles. The summed E-state index contributed by atoms with van der Waals surface area (Å²) in [5.74, 6) is 0.103. The first-order valence-electron chi connectivity index (χ1n) is 6.40. The average molecular weight is 284 g/mol. The molecular weight excluding hydrogens is 262 g/mol. The Balaban J connectivity index is 2.95. The van der Waals surface area contributed by atoms with E-state index in [0.717, 1.165) is 24.3 Å². The van der Waals surface area contributed by atoms with E-state index < -0.39 is 0 Å². The highest BCUT2D eigenvalue weighted by Crippen LogP contribution is 2.24. The minimum Gasteiger partial charge on any atom is -0.368 e. The predicted molar refractivity (Wildman–Crippen MR) is 80.5 cm³/mol. The van der Waals surface area contributed by atoms with Crippen molar-refractivity contribution in [3.63, 3.8) is 0 Å². The molecule has 1 rings (SSSR count). The van der Waals surface area contributed by atoms with Crippen molar-refractivity contribution in [2.45, 2.75) is 20.4 Å². The number of hydrogen-bond acceptors (Lipinski definition) is 3. The minimum absolute atomic E-state index is 0.208. The van der Waals surface area contributed by atoms with Gasteiger partial charge in [0.05, 0.1) is 6.54 Å². The van der Waals surface area contributed by atoms with Gasteiger partial charge in [-0.1, -0.05) is 31.5 Å². The zero-order chi connectivity index (χ0) is 14.4. The van der Waals surface area contributed by atoms with Crippen molar-refractivity contribution < 1.29 is 4.79 Å². The first-order chi connectivity index (χ1) is 8.93. The van der Waals surface area contributed by atoms with Gasteiger partial charge in [0.2, 0.25) is 5.91 Å². The van der Waals surface area contributed by atoms with Gasteiger partial charge in [-0.25, -0.2) is 0 Å². The first kappa shape index (κ1) is 15.8. The molecule has 19 heavy (non-hydrogen) atoms. The fourth-order valence-corrected chi connectivity index (χ4v) is 2.20. The number of rotatable bonds is 7. The van der Waals surface area contributed by atoms with Crippen molar-refractivity contribution in [3.8, 4) is 0 Å². The number of amides is 1. The van der Waals surface area contributed by atoms with E-state index in [0.29, 0.717) is 10.9 Å². The molecule has 5 heteroatoms. The van der Waals surface area contributed by atoms with Crippen LogP contribution in [0.5, 0.6) is 0 Å². The Labute approximate surface area is 119 Å². The summed E-state index contributed by atoms with van der Waals surface area (Å²) in [5, 5.41) is 3.76. The maximum atomic E-state index is 11.2. The maximum absolute atomic E-state index is 11.2. The molecule has 1 aromatic carbocycles. The molecule has 0 saturated heterocycles. The number of nitrogens with zero attached hydrogens (tertiary/aromatic N) is 1. The van der Waals surface area contributed by atoms with E-state index in [2.05, 4.69) is 19.2 Å². The van der Waals surface area contributed by atoms with Gasteiger partial charge in [-0.2, -0.15) is 0 Å². The van der Waals surface area contributed by atoms with E-state index in [9.17, 15) is 4.79 Å². The van der Waals surface area contributed by atoms with Crippen LogP contribution in [0.4, 0.5) is 5.69 Å². The van der Waals surface area contributed by atoms with Crippen molar-refractivity contribution in [2.24, 2.45) is 11.7 Å². The second-order valence-electron chi connectivity index (χ2n) is 5.05. The van der Waals surface area contributed by atoms with Gasteiger partial charge < -0.3 is 16.0 Å². The number of anilines is 1. The van der Waals surface area contributed by atoms with E-state index in [1.165, 1.54) is 0 Å². The molecule has 3 N–H and O–H groups in total.